The molecule has 0 radical (unpaired) electrons. The van der Waals surface area contributed by atoms with E-state index in [1.165, 1.54) is 24.3 Å². The number of fused-ring (bicyclic) bond motifs is 1. The number of aromatic amines is 1. The molecule has 0 aliphatic rings. The van der Waals surface area contributed by atoms with E-state index >= 15 is 0 Å². The van der Waals surface area contributed by atoms with Crippen molar-refractivity contribution in [3.63, 3.8) is 0 Å². The Labute approximate surface area is 212 Å². The highest BCUT2D eigenvalue weighted by Gasteiger charge is 2.23. The van der Waals surface area contributed by atoms with Gasteiger partial charge in [0.1, 0.15) is 11.6 Å². The maximum atomic E-state index is 12.8. The van der Waals surface area contributed by atoms with Crippen LogP contribution in [0.15, 0.2) is 71.5 Å². The van der Waals surface area contributed by atoms with Crippen molar-refractivity contribution in [1.29, 1.82) is 0 Å². The summed E-state index contributed by atoms with van der Waals surface area (Å²) in [6, 6.07) is 16.4. The van der Waals surface area contributed by atoms with E-state index in [-0.39, 0.29) is 29.0 Å². The zero-order valence-corrected chi connectivity index (χ0v) is 19.9. The van der Waals surface area contributed by atoms with Crippen LogP contribution in [0.2, 0.25) is 0 Å². The number of aryl methyl sites for hydroxylation is 1. The van der Waals surface area contributed by atoms with Crippen LogP contribution in [0.1, 0.15) is 33.4 Å². The average Bonchev–Trinajstić information content (AvgIpc) is 2.87. The van der Waals surface area contributed by atoms with Crippen LogP contribution in [0.5, 0.6) is 5.75 Å². The molecule has 4 aromatic rings. The fourth-order valence-corrected chi connectivity index (χ4v) is 4.00. The zero-order valence-electron chi connectivity index (χ0n) is 19.9. The second-order valence-corrected chi connectivity index (χ2v) is 8.45. The van der Waals surface area contributed by atoms with Crippen molar-refractivity contribution in [3.05, 3.63) is 99.6 Å². The molecule has 1 atom stereocenters. The summed E-state index contributed by atoms with van der Waals surface area (Å²) in [7, 11) is 0. The van der Waals surface area contributed by atoms with Crippen LogP contribution in [0.4, 0.5) is 5.69 Å². The summed E-state index contributed by atoms with van der Waals surface area (Å²) in [6.07, 6.45) is 5.58. The monoisotopic (exact) mass is 496 g/mol. The summed E-state index contributed by atoms with van der Waals surface area (Å²) in [5, 5.41) is 22.2. The Hall–Kier alpha value is -5.10. The number of benzene rings is 3. The number of carbonyl (C=O) groups excluding carboxylic acids is 1. The van der Waals surface area contributed by atoms with Gasteiger partial charge in [-0.3, -0.25) is 9.59 Å². The molecule has 3 aromatic carbocycles. The number of anilines is 1. The minimum Gasteiger partial charge on any atom is -0.508 e. The fourth-order valence-electron chi connectivity index (χ4n) is 4.00. The van der Waals surface area contributed by atoms with E-state index in [0.29, 0.717) is 23.3 Å². The lowest BCUT2D eigenvalue weighted by Crippen LogP contribution is -2.33. The smallest absolute Gasteiger partial charge is 0.330 e. The third-order valence-corrected chi connectivity index (χ3v) is 5.76. The molecule has 9 nitrogen and oxygen atoms in total. The number of carboxylic acid groups (broad SMARTS) is 1. The van der Waals surface area contributed by atoms with E-state index in [0.717, 1.165) is 11.3 Å². The second-order valence-electron chi connectivity index (χ2n) is 8.45. The summed E-state index contributed by atoms with van der Waals surface area (Å²) in [6.45, 7) is 2.42. The quantitative estimate of drug-likeness (QED) is 0.275. The number of aromatic hydroxyl groups is 1. The molecule has 37 heavy (non-hydrogen) atoms. The van der Waals surface area contributed by atoms with Crippen molar-refractivity contribution in [1.82, 2.24) is 15.3 Å². The first-order chi connectivity index (χ1) is 17.7. The number of hydrogen-bond acceptors (Lipinski definition) is 6. The molecule has 1 amide bonds. The SMILES string of the molecule is C#CCN(Cc1ccc2nc(C)[nH]c(=O)c2c1)c1ccc(C(=O)N[C@@H](C(=O)O)c2cccc(O)c2)cc1. The van der Waals surface area contributed by atoms with Gasteiger partial charge < -0.3 is 25.4 Å². The molecule has 0 saturated heterocycles. The number of amides is 1. The molecule has 0 unspecified atom stereocenters. The topological polar surface area (TPSA) is 136 Å². The molecule has 1 aromatic heterocycles. The van der Waals surface area contributed by atoms with Gasteiger partial charge in [0.25, 0.3) is 11.5 Å². The Morgan fingerprint density at radius 3 is 2.57 bits per heavy atom. The molecular formula is C28H24N4O5. The molecule has 0 spiro atoms. The van der Waals surface area contributed by atoms with Crippen LogP contribution in [-0.4, -0.2) is 38.6 Å². The lowest BCUT2D eigenvalue weighted by Gasteiger charge is -2.23. The Bertz CT molecular complexity index is 1570. The van der Waals surface area contributed by atoms with Gasteiger partial charge in [-0.15, -0.1) is 6.42 Å². The first-order valence-electron chi connectivity index (χ1n) is 11.4. The number of aliphatic carboxylic acids is 1. The highest BCUT2D eigenvalue weighted by Crippen LogP contribution is 2.22. The van der Waals surface area contributed by atoms with Crippen molar-refractivity contribution < 1.29 is 19.8 Å². The average molecular weight is 497 g/mol. The van der Waals surface area contributed by atoms with E-state index in [2.05, 4.69) is 21.2 Å². The van der Waals surface area contributed by atoms with Gasteiger partial charge in [0.2, 0.25) is 0 Å². The lowest BCUT2D eigenvalue weighted by atomic mass is 10.1. The van der Waals surface area contributed by atoms with Crippen molar-refractivity contribution in [3.8, 4) is 18.1 Å². The summed E-state index contributed by atoms with van der Waals surface area (Å²) in [5.41, 5.74) is 2.50. The highest BCUT2D eigenvalue weighted by molar-refractivity contribution is 5.97. The molecule has 0 saturated carbocycles. The Kier molecular flexibility index (Phi) is 7.21. The molecule has 9 heteroatoms. The lowest BCUT2D eigenvalue weighted by molar-refractivity contribution is -0.139. The maximum Gasteiger partial charge on any atom is 0.330 e. The number of hydrogen-bond donors (Lipinski definition) is 4. The normalized spacial score (nSPS) is 11.5. The Morgan fingerprint density at radius 1 is 1.14 bits per heavy atom. The number of nitrogens with zero attached hydrogens (tertiary/aromatic N) is 2. The molecule has 1 heterocycles. The number of rotatable bonds is 8. The third-order valence-electron chi connectivity index (χ3n) is 5.76. The minimum absolute atomic E-state index is 0.0987. The van der Waals surface area contributed by atoms with Crippen LogP contribution >= 0.6 is 0 Å². The van der Waals surface area contributed by atoms with E-state index in [9.17, 15) is 24.6 Å². The number of nitrogens with one attached hydrogen (secondary N) is 2. The largest absolute Gasteiger partial charge is 0.508 e. The summed E-state index contributed by atoms with van der Waals surface area (Å²) < 4.78 is 0. The van der Waals surface area contributed by atoms with Gasteiger partial charge >= 0.3 is 5.97 Å². The first kappa shape index (κ1) is 25.0. The van der Waals surface area contributed by atoms with Crippen molar-refractivity contribution in [2.24, 2.45) is 0 Å². The van der Waals surface area contributed by atoms with Gasteiger partial charge in [0.15, 0.2) is 6.04 Å². The molecule has 4 N–H and O–H groups in total. The van der Waals surface area contributed by atoms with E-state index in [1.807, 2.05) is 11.0 Å². The fraction of sp³-hybridized carbons (Fsp3) is 0.143. The van der Waals surface area contributed by atoms with Crippen LogP contribution in [0, 0.1) is 19.3 Å². The minimum atomic E-state index is -1.33. The molecule has 0 fully saturated rings. The number of phenols is 1. The number of carboxylic acids is 1. The van der Waals surface area contributed by atoms with Gasteiger partial charge in [-0.2, -0.15) is 0 Å². The van der Waals surface area contributed by atoms with Crippen LogP contribution in [0.3, 0.4) is 0 Å². The first-order valence-corrected chi connectivity index (χ1v) is 11.4. The summed E-state index contributed by atoms with van der Waals surface area (Å²) in [4.78, 5) is 45.8. The Balaban J connectivity index is 1.53. The van der Waals surface area contributed by atoms with Crippen molar-refractivity contribution >= 4 is 28.5 Å². The van der Waals surface area contributed by atoms with Crippen molar-refractivity contribution in [2.45, 2.75) is 19.5 Å². The molecule has 4 rings (SSSR count). The maximum absolute atomic E-state index is 12.8. The van der Waals surface area contributed by atoms with Gasteiger partial charge in [0, 0.05) is 17.8 Å². The van der Waals surface area contributed by atoms with Crippen molar-refractivity contribution in [2.75, 3.05) is 11.4 Å². The predicted molar refractivity (Wildman–Crippen MR) is 139 cm³/mol. The van der Waals surface area contributed by atoms with Crippen LogP contribution < -0.4 is 15.8 Å². The number of aromatic nitrogens is 2. The molecule has 0 bridgehead atoms. The predicted octanol–water partition coefficient (Wildman–Crippen LogP) is 3.13. The van der Waals surface area contributed by atoms with Gasteiger partial charge in [0.05, 0.1) is 17.4 Å². The van der Waals surface area contributed by atoms with Crippen LogP contribution in [0.25, 0.3) is 10.9 Å². The van der Waals surface area contributed by atoms with Gasteiger partial charge in [-0.25, -0.2) is 9.78 Å². The molecule has 0 aliphatic heterocycles. The number of phenolic OH excluding ortho intramolecular Hbond substituents is 1. The van der Waals surface area contributed by atoms with Crippen LogP contribution in [-0.2, 0) is 11.3 Å². The second kappa shape index (κ2) is 10.7. The molecule has 186 valence electrons. The zero-order chi connectivity index (χ0) is 26.5. The number of terminal acetylenes is 1. The number of carbonyl (C=O) groups is 2. The standard InChI is InChI=1S/C28H24N4O5/c1-3-13-32(16-18-7-12-24-23(14-18)27(35)30-17(2)29-24)21-10-8-19(9-11-21)26(34)31-25(28(36)37)20-5-4-6-22(33)15-20/h1,4-12,14-15,25,33H,13,16H2,2H3,(H,31,34)(H,36,37)(H,29,30,35)/t25-/m1/s1. The van der Waals surface area contributed by atoms with E-state index in [1.54, 1.807) is 43.3 Å². The summed E-state index contributed by atoms with van der Waals surface area (Å²) in [5.74, 6) is 1.23. The highest BCUT2D eigenvalue weighted by atomic mass is 16.4. The van der Waals surface area contributed by atoms with Gasteiger partial charge in [-0.1, -0.05) is 24.1 Å². The Morgan fingerprint density at radius 2 is 1.89 bits per heavy atom. The van der Waals surface area contributed by atoms with Gasteiger partial charge in [-0.05, 0) is 66.6 Å². The third kappa shape index (κ3) is 5.77. The van der Waals surface area contributed by atoms with E-state index < -0.39 is 17.9 Å². The summed E-state index contributed by atoms with van der Waals surface area (Å²) >= 11 is 0. The number of H-pyrrole nitrogens is 1. The molecular weight excluding hydrogens is 472 g/mol. The van der Waals surface area contributed by atoms with E-state index in [4.69, 9.17) is 6.42 Å². The molecule has 0 aliphatic carbocycles.